The van der Waals surface area contributed by atoms with Gasteiger partial charge in [-0.1, -0.05) is 6.07 Å². The van der Waals surface area contributed by atoms with Gasteiger partial charge in [0.2, 0.25) is 0 Å². The zero-order chi connectivity index (χ0) is 11.8. The summed E-state index contributed by atoms with van der Waals surface area (Å²) in [6.07, 6.45) is 4.48. The Labute approximate surface area is 105 Å². The zero-order valence-corrected chi connectivity index (χ0v) is 11.4. The highest BCUT2D eigenvalue weighted by molar-refractivity contribution is 9.10. The quantitative estimate of drug-likeness (QED) is 0.921. The maximum Gasteiger partial charge on any atom is 0.133 e. The molecule has 0 spiro atoms. The molecule has 0 radical (unpaired) electrons. The molecule has 0 heterocycles. The predicted molar refractivity (Wildman–Crippen MR) is 69.9 cm³/mol. The van der Waals surface area contributed by atoms with Crippen molar-refractivity contribution in [1.29, 1.82) is 0 Å². The lowest BCUT2D eigenvalue weighted by Crippen LogP contribution is -2.22. The summed E-state index contributed by atoms with van der Waals surface area (Å²) in [5.41, 5.74) is 8.76. The van der Waals surface area contributed by atoms with Crippen LogP contribution in [0.5, 0.6) is 5.75 Å². The second-order valence-electron chi connectivity index (χ2n) is 4.79. The molecule has 88 valence electrons. The van der Waals surface area contributed by atoms with Crippen LogP contribution in [-0.2, 0) is 6.42 Å². The highest BCUT2D eigenvalue weighted by Crippen LogP contribution is 2.37. The number of halogens is 1. The van der Waals surface area contributed by atoms with E-state index in [0.717, 1.165) is 23.1 Å². The molecule has 1 aromatic carbocycles. The minimum atomic E-state index is 0.133. The minimum absolute atomic E-state index is 0.133. The zero-order valence-electron chi connectivity index (χ0n) is 9.85. The molecule has 1 aliphatic rings. The van der Waals surface area contributed by atoms with Gasteiger partial charge in [-0.3, -0.25) is 0 Å². The number of benzene rings is 1. The average Bonchev–Trinajstić information content (AvgIpc) is 2.99. The summed E-state index contributed by atoms with van der Waals surface area (Å²) in [6, 6.07) is 4.31. The molecule has 1 aromatic rings. The van der Waals surface area contributed by atoms with Gasteiger partial charge in [-0.15, -0.1) is 0 Å². The van der Waals surface area contributed by atoms with Crippen LogP contribution in [-0.4, -0.2) is 12.6 Å². The third-order valence-electron chi connectivity index (χ3n) is 3.30. The summed E-state index contributed by atoms with van der Waals surface area (Å²) in [5.74, 6) is 0.914. The molecule has 3 heteroatoms. The van der Waals surface area contributed by atoms with E-state index in [2.05, 4.69) is 35.0 Å². The van der Waals surface area contributed by atoms with Crippen molar-refractivity contribution >= 4 is 15.9 Å². The molecule has 16 heavy (non-hydrogen) atoms. The summed E-state index contributed by atoms with van der Waals surface area (Å²) in [6.45, 7) is 2.09. The molecule has 1 aliphatic carbocycles. The number of ether oxygens (including phenoxy) is 1. The van der Waals surface area contributed by atoms with Crippen molar-refractivity contribution in [1.82, 2.24) is 0 Å². The molecule has 0 unspecified atom stereocenters. The van der Waals surface area contributed by atoms with E-state index in [1.54, 1.807) is 7.11 Å². The van der Waals surface area contributed by atoms with Crippen LogP contribution in [0.25, 0.3) is 0 Å². The van der Waals surface area contributed by atoms with Crippen LogP contribution in [0.15, 0.2) is 16.6 Å². The van der Waals surface area contributed by atoms with Crippen molar-refractivity contribution < 1.29 is 4.74 Å². The molecule has 2 N–H and O–H groups in total. The number of methoxy groups -OCH3 is 1. The van der Waals surface area contributed by atoms with Crippen LogP contribution in [0, 0.1) is 6.92 Å². The molecule has 0 aromatic heterocycles. The number of hydrogen-bond acceptors (Lipinski definition) is 2. The van der Waals surface area contributed by atoms with Crippen molar-refractivity contribution in [2.24, 2.45) is 5.73 Å². The minimum Gasteiger partial charge on any atom is -0.496 e. The van der Waals surface area contributed by atoms with Gasteiger partial charge < -0.3 is 10.5 Å². The first-order chi connectivity index (χ1) is 7.54. The van der Waals surface area contributed by atoms with Crippen LogP contribution in [0.2, 0.25) is 0 Å². The fourth-order valence-corrected chi connectivity index (χ4v) is 2.30. The molecule has 1 fully saturated rings. The molecule has 2 rings (SSSR count). The van der Waals surface area contributed by atoms with E-state index in [0.29, 0.717) is 0 Å². The van der Waals surface area contributed by atoms with E-state index in [1.165, 1.54) is 24.0 Å². The second kappa shape index (κ2) is 4.38. The molecule has 1 saturated carbocycles. The summed E-state index contributed by atoms with van der Waals surface area (Å²) in [7, 11) is 1.70. The Balaban J connectivity index is 2.11. The molecular formula is C13H18BrNO. The maximum atomic E-state index is 6.09. The molecule has 0 aliphatic heterocycles. The number of hydrogen-bond donors (Lipinski definition) is 1. The van der Waals surface area contributed by atoms with Crippen molar-refractivity contribution in [2.75, 3.05) is 7.11 Å². The number of rotatable bonds is 4. The van der Waals surface area contributed by atoms with Gasteiger partial charge in [0.1, 0.15) is 5.75 Å². The van der Waals surface area contributed by atoms with Crippen LogP contribution in [0.3, 0.4) is 0 Å². The largest absolute Gasteiger partial charge is 0.496 e. The Morgan fingerprint density at radius 2 is 2.12 bits per heavy atom. The summed E-state index contributed by atoms with van der Waals surface area (Å²) in [4.78, 5) is 0. The number of aryl methyl sites for hydroxylation is 2. The van der Waals surface area contributed by atoms with Crippen molar-refractivity contribution in [3.05, 3.63) is 27.7 Å². The Bertz CT molecular complexity index is 399. The maximum absolute atomic E-state index is 6.09. The molecule has 2 nitrogen and oxygen atoms in total. The Hall–Kier alpha value is -0.540. The monoisotopic (exact) mass is 283 g/mol. The van der Waals surface area contributed by atoms with Crippen molar-refractivity contribution in [2.45, 2.75) is 38.1 Å². The summed E-state index contributed by atoms with van der Waals surface area (Å²) < 4.78 is 6.38. The van der Waals surface area contributed by atoms with Gasteiger partial charge in [-0.2, -0.15) is 0 Å². The smallest absolute Gasteiger partial charge is 0.133 e. The molecule has 0 bridgehead atoms. The molecule has 0 amide bonds. The van der Waals surface area contributed by atoms with Crippen LogP contribution < -0.4 is 10.5 Å². The first-order valence-corrected chi connectivity index (χ1v) is 6.45. The predicted octanol–water partition coefficient (Wildman–Crippen LogP) is 3.19. The van der Waals surface area contributed by atoms with Gasteiger partial charge in [0.25, 0.3) is 0 Å². The van der Waals surface area contributed by atoms with Crippen molar-refractivity contribution in [3.8, 4) is 5.75 Å². The normalized spacial score (nSPS) is 17.2. The SMILES string of the molecule is COc1cc(CCC2(N)CC2)cc(C)c1Br. The van der Waals surface area contributed by atoms with Gasteiger partial charge in [0.05, 0.1) is 11.6 Å². The third kappa shape index (κ3) is 2.58. The fraction of sp³-hybridized carbons (Fsp3) is 0.538. The van der Waals surface area contributed by atoms with Gasteiger partial charge in [-0.05, 0) is 65.7 Å². The van der Waals surface area contributed by atoms with E-state index < -0.39 is 0 Å². The number of nitrogens with two attached hydrogens (primary N) is 1. The topological polar surface area (TPSA) is 35.2 Å². The van der Waals surface area contributed by atoms with Crippen LogP contribution in [0.4, 0.5) is 0 Å². The molecule has 0 atom stereocenters. The average molecular weight is 284 g/mol. The lowest BCUT2D eigenvalue weighted by atomic mass is 10.0. The fourth-order valence-electron chi connectivity index (χ4n) is 1.91. The van der Waals surface area contributed by atoms with E-state index in [4.69, 9.17) is 10.5 Å². The van der Waals surface area contributed by atoms with E-state index in [1.807, 2.05) is 0 Å². The Morgan fingerprint density at radius 3 is 2.69 bits per heavy atom. The Morgan fingerprint density at radius 1 is 1.44 bits per heavy atom. The third-order valence-corrected chi connectivity index (χ3v) is 4.32. The first-order valence-electron chi connectivity index (χ1n) is 5.66. The lowest BCUT2D eigenvalue weighted by Gasteiger charge is -2.12. The summed E-state index contributed by atoms with van der Waals surface area (Å²) >= 11 is 3.53. The van der Waals surface area contributed by atoms with E-state index >= 15 is 0 Å². The van der Waals surface area contributed by atoms with Crippen LogP contribution in [0.1, 0.15) is 30.4 Å². The first kappa shape index (κ1) is 11.9. The van der Waals surface area contributed by atoms with E-state index in [-0.39, 0.29) is 5.54 Å². The van der Waals surface area contributed by atoms with Crippen molar-refractivity contribution in [3.63, 3.8) is 0 Å². The highest BCUT2D eigenvalue weighted by atomic mass is 79.9. The van der Waals surface area contributed by atoms with E-state index in [9.17, 15) is 0 Å². The second-order valence-corrected chi connectivity index (χ2v) is 5.58. The standard InChI is InChI=1S/C13H18BrNO/c1-9-7-10(3-4-13(15)5-6-13)8-11(16-2)12(9)14/h7-8H,3-6,15H2,1-2H3. The molecule has 0 saturated heterocycles. The van der Waals surface area contributed by atoms with Crippen LogP contribution >= 0.6 is 15.9 Å². The molecular weight excluding hydrogens is 266 g/mol. The van der Waals surface area contributed by atoms with Gasteiger partial charge in [0, 0.05) is 5.54 Å². The summed E-state index contributed by atoms with van der Waals surface area (Å²) in [5, 5.41) is 0. The lowest BCUT2D eigenvalue weighted by molar-refractivity contribution is 0.411. The van der Waals surface area contributed by atoms with Gasteiger partial charge in [0.15, 0.2) is 0 Å². The van der Waals surface area contributed by atoms with Gasteiger partial charge >= 0.3 is 0 Å². The van der Waals surface area contributed by atoms with Gasteiger partial charge in [-0.25, -0.2) is 0 Å². The highest BCUT2D eigenvalue weighted by Gasteiger charge is 2.37. The Kier molecular flexibility index (Phi) is 3.27.